The maximum atomic E-state index is 13.4. The van der Waals surface area contributed by atoms with Crippen LogP contribution in [-0.4, -0.2) is 53.1 Å². The maximum Gasteiger partial charge on any atom is 0.416 e. The summed E-state index contributed by atoms with van der Waals surface area (Å²) in [7, 11) is 2.10. The number of likely N-dealkylation sites (N-methyl/N-ethyl adjacent to an activating group) is 1. The first-order chi connectivity index (χ1) is 15.1. The summed E-state index contributed by atoms with van der Waals surface area (Å²) in [5.41, 5.74) is 0.882. The Bertz CT molecular complexity index is 1120. The van der Waals surface area contributed by atoms with E-state index in [0.717, 1.165) is 43.4 Å². The SMILES string of the molecule is Cc1nc(N[C@H](C)c2cccc(C(F)(F)F)c2C)c2cc(N3CCN(C)CC3)ncc2n1. The number of piperazine rings is 1. The predicted octanol–water partition coefficient (Wildman–Crippen LogP) is 4.59. The molecule has 0 aliphatic carbocycles. The first kappa shape index (κ1) is 22.3. The number of anilines is 2. The van der Waals surface area contributed by atoms with Gasteiger partial charge >= 0.3 is 6.18 Å². The van der Waals surface area contributed by atoms with Crippen LogP contribution in [0.2, 0.25) is 0 Å². The zero-order valence-electron chi connectivity index (χ0n) is 18.7. The fourth-order valence-electron chi connectivity index (χ4n) is 4.17. The molecule has 0 unspecified atom stereocenters. The van der Waals surface area contributed by atoms with E-state index in [1.165, 1.54) is 13.0 Å². The van der Waals surface area contributed by atoms with E-state index in [2.05, 4.69) is 37.1 Å². The van der Waals surface area contributed by atoms with Crippen molar-refractivity contribution in [1.29, 1.82) is 0 Å². The highest BCUT2D eigenvalue weighted by atomic mass is 19.4. The number of nitrogens with zero attached hydrogens (tertiary/aromatic N) is 5. The molecule has 1 atom stereocenters. The van der Waals surface area contributed by atoms with E-state index in [1.807, 2.05) is 13.0 Å². The zero-order valence-corrected chi connectivity index (χ0v) is 18.7. The molecule has 3 aromatic rings. The van der Waals surface area contributed by atoms with Gasteiger partial charge in [-0.05, 0) is 51.1 Å². The summed E-state index contributed by atoms with van der Waals surface area (Å²) in [5, 5.41) is 4.13. The second-order valence-corrected chi connectivity index (χ2v) is 8.35. The number of halogens is 3. The summed E-state index contributed by atoms with van der Waals surface area (Å²) >= 11 is 0. The molecule has 4 rings (SSSR count). The molecule has 1 aromatic carbocycles. The molecule has 1 saturated heterocycles. The van der Waals surface area contributed by atoms with Crippen molar-refractivity contribution in [1.82, 2.24) is 19.9 Å². The minimum absolute atomic E-state index is 0.217. The standard InChI is InChI=1S/C23H27F3N6/c1-14-17(6-5-7-19(14)23(24,25)26)15(2)28-22-18-12-21(32-10-8-31(4)9-11-32)27-13-20(18)29-16(3)30-22/h5-7,12-13,15H,8-11H2,1-4H3,(H,28,29,30)/t15-/m1/s1. The van der Waals surface area contributed by atoms with Crippen LogP contribution in [0, 0.1) is 13.8 Å². The molecule has 3 heterocycles. The van der Waals surface area contributed by atoms with Gasteiger partial charge in [-0.2, -0.15) is 13.2 Å². The number of alkyl halides is 3. The Hall–Kier alpha value is -2.94. The first-order valence-electron chi connectivity index (χ1n) is 10.6. The third-order valence-corrected chi connectivity index (χ3v) is 6.01. The van der Waals surface area contributed by atoms with Crippen molar-refractivity contribution in [2.24, 2.45) is 0 Å². The summed E-state index contributed by atoms with van der Waals surface area (Å²) in [4.78, 5) is 18.1. The van der Waals surface area contributed by atoms with Crippen LogP contribution in [0.1, 0.15) is 35.5 Å². The highest BCUT2D eigenvalue weighted by molar-refractivity contribution is 5.90. The predicted molar refractivity (Wildman–Crippen MR) is 120 cm³/mol. The van der Waals surface area contributed by atoms with Gasteiger partial charge in [0.1, 0.15) is 17.5 Å². The van der Waals surface area contributed by atoms with E-state index in [9.17, 15) is 13.2 Å². The van der Waals surface area contributed by atoms with Crippen LogP contribution < -0.4 is 10.2 Å². The summed E-state index contributed by atoms with van der Waals surface area (Å²) in [6.07, 6.45) is -2.65. The van der Waals surface area contributed by atoms with Crippen molar-refractivity contribution >= 4 is 22.5 Å². The largest absolute Gasteiger partial charge is 0.416 e. The molecule has 6 nitrogen and oxygen atoms in total. The van der Waals surface area contributed by atoms with Crippen LogP contribution in [0.4, 0.5) is 24.8 Å². The second kappa shape index (κ2) is 8.54. The molecule has 32 heavy (non-hydrogen) atoms. The van der Waals surface area contributed by atoms with E-state index >= 15 is 0 Å². The van der Waals surface area contributed by atoms with Crippen molar-refractivity contribution in [3.05, 3.63) is 53.0 Å². The number of nitrogens with one attached hydrogen (secondary N) is 1. The van der Waals surface area contributed by atoms with E-state index in [1.54, 1.807) is 19.2 Å². The third kappa shape index (κ3) is 4.48. The Balaban J connectivity index is 1.69. The van der Waals surface area contributed by atoms with E-state index in [4.69, 9.17) is 0 Å². The fourth-order valence-corrected chi connectivity index (χ4v) is 4.17. The smallest absolute Gasteiger partial charge is 0.363 e. The number of benzene rings is 1. The lowest BCUT2D eigenvalue weighted by Gasteiger charge is -2.33. The minimum atomic E-state index is -4.39. The lowest BCUT2D eigenvalue weighted by Crippen LogP contribution is -2.44. The van der Waals surface area contributed by atoms with Crippen LogP contribution in [-0.2, 0) is 6.18 Å². The number of hydrogen-bond acceptors (Lipinski definition) is 6. The molecular weight excluding hydrogens is 417 g/mol. The molecule has 1 N–H and O–H groups in total. The summed E-state index contributed by atoms with van der Waals surface area (Å²) in [6, 6.07) is 5.87. The third-order valence-electron chi connectivity index (χ3n) is 6.01. The van der Waals surface area contributed by atoms with Crippen LogP contribution in [0.25, 0.3) is 10.9 Å². The fraction of sp³-hybridized carbons (Fsp3) is 0.435. The van der Waals surface area contributed by atoms with Gasteiger partial charge in [0, 0.05) is 31.6 Å². The van der Waals surface area contributed by atoms with Gasteiger partial charge in [0.05, 0.1) is 23.3 Å². The first-order valence-corrected chi connectivity index (χ1v) is 10.6. The molecule has 170 valence electrons. The van der Waals surface area contributed by atoms with E-state index < -0.39 is 11.7 Å². The highest BCUT2D eigenvalue weighted by Gasteiger charge is 2.33. The average molecular weight is 445 g/mol. The van der Waals surface area contributed by atoms with Crippen molar-refractivity contribution < 1.29 is 13.2 Å². The van der Waals surface area contributed by atoms with Crippen LogP contribution in [0.15, 0.2) is 30.5 Å². The second-order valence-electron chi connectivity index (χ2n) is 8.35. The highest BCUT2D eigenvalue weighted by Crippen LogP contribution is 2.35. The number of hydrogen-bond donors (Lipinski definition) is 1. The molecule has 0 radical (unpaired) electrons. The van der Waals surface area contributed by atoms with Gasteiger partial charge in [-0.3, -0.25) is 0 Å². The molecule has 0 amide bonds. The van der Waals surface area contributed by atoms with Crippen molar-refractivity contribution in [2.45, 2.75) is 33.0 Å². The van der Waals surface area contributed by atoms with Gasteiger partial charge < -0.3 is 15.1 Å². The normalized spacial score (nSPS) is 16.4. The van der Waals surface area contributed by atoms with Gasteiger partial charge in [-0.25, -0.2) is 15.0 Å². The van der Waals surface area contributed by atoms with Gasteiger partial charge in [0.2, 0.25) is 0 Å². The molecule has 0 bridgehead atoms. The van der Waals surface area contributed by atoms with Gasteiger partial charge in [-0.15, -0.1) is 0 Å². The number of aryl methyl sites for hydroxylation is 1. The summed E-state index contributed by atoms with van der Waals surface area (Å²) in [5.74, 6) is 2.01. The average Bonchev–Trinajstić information content (AvgIpc) is 2.73. The van der Waals surface area contributed by atoms with Crippen LogP contribution in [0.3, 0.4) is 0 Å². The Morgan fingerprint density at radius 2 is 1.78 bits per heavy atom. The molecular formula is C23H27F3N6. The maximum absolute atomic E-state index is 13.4. The number of rotatable bonds is 4. The number of pyridine rings is 1. The molecule has 0 saturated carbocycles. The molecule has 0 spiro atoms. The van der Waals surface area contributed by atoms with Crippen molar-refractivity contribution in [3.8, 4) is 0 Å². The van der Waals surface area contributed by atoms with Gasteiger partial charge in [0.15, 0.2) is 0 Å². The Labute approximate surface area is 185 Å². The van der Waals surface area contributed by atoms with Gasteiger partial charge in [-0.1, -0.05) is 12.1 Å². The molecule has 2 aromatic heterocycles. The van der Waals surface area contributed by atoms with Crippen LogP contribution in [0.5, 0.6) is 0 Å². The Morgan fingerprint density at radius 1 is 1.06 bits per heavy atom. The Morgan fingerprint density at radius 3 is 2.47 bits per heavy atom. The van der Waals surface area contributed by atoms with E-state index in [0.29, 0.717) is 22.7 Å². The monoisotopic (exact) mass is 444 g/mol. The molecule has 9 heteroatoms. The van der Waals surface area contributed by atoms with Crippen molar-refractivity contribution in [3.63, 3.8) is 0 Å². The lowest BCUT2D eigenvalue weighted by atomic mass is 9.97. The number of aromatic nitrogens is 3. The van der Waals surface area contributed by atoms with Crippen LogP contribution >= 0.6 is 0 Å². The molecule has 1 fully saturated rings. The molecule has 1 aliphatic rings. The van der Waals surface area contributed by atoms with Crippen molar-refractivity contribution in [2.75, 3.05) is 43.4 Å². The topological polar surface area (TPSA) is 57.2 Å². The van der Waals surface area contributed by atoms with E-state index in [-0.39, 0.29) is 11.6 Å². The van der Waals surface area contributed by atoms with Gasteiger partial charge in [0.25, 0.3) is 0 Å². The lowest BCUT2D eigenvalue weighted by molar-refractivity contribution is -0.138. The summed E-state index contributed by atoms with van der Waals surface area (Å²) < 4.78 is 40.1. The minimum Gasteiger partial charge on any atom is -0.363 e. The summed E-state index contributed by atoms with van der Waals surface area (Å²) in [6.45, 7) is 8.82. The molecule has 1 aliphatic heterocycles. The number of fused-ring (bicyclic) bond motifs is 1. The Kier molecular flexibility index (Phi) is 5.94. The zero-order chi connectivity index (χ0) is 23.0. The quantitative estimate of drug-likeness (QED) is 0.636.